The average molecular weight is 572 g/mol. The number of rotatable bonds is 6. The first-order chi connectivity index (χ1) is 18.9. The van der Waals surface area contributed by atoms with Crippen molar-refractivity contribution in [3.63, 3.8) is 0 Å². The van der Waals surface area contributed by atoms with Gasteiger partial charge in [-0.05, 0) is 38.6 Å². The number of aliphatic hydroxyl groups excluding tert-OH is 1. The van der Waals surface area contributed by atoms with E-state index >= 15 is 4.39 Å². The molecule has 2 aliphatic heterocycles. The van der Waals surface area contributed by atoms with Gasteiger partial charge in [-0.1, -0.05) is 35.1 Å². The number of benzene rings is 2. The predicted octanol–water partition coefficient (Wildman–Crippen LogP) is 3.77. The Hall–Kier alpha value is -2.83. The first kappa shape index (κ1) is 26.4. The molecule has 206 valence electrons. The van der Waals surface area contributed by atoms with E-state index in [9.17, 15) is 5.11 Å². The first-order valence-corrected chi connectivity index (χ1v) is 14.4. The summed E-state index contributed by atoms with van der Waals surface area (Å²) in [5.74, 6) is -0.0172. The van der Waals surface area contributed by atoms with Crippen molar-refractivity contribution < 1.29 is 14.2 Å². The van der Waals surface area contributed by atoms with Gasteiger partial charge in [0.2, 0.25) is 0 Å². The van der Waals surface area contributed by atoms with Crippen LogP contribution in [0.5, 0.6) is 6.01 Å². The Morgan fingerprint density at radius 2 is 2.13 bits per heavy atom. The van der Waals surface area contributed by atoms with Crippen LogP contribution < -0.4 is 20.7 Å². The molecule has 2 aromatic carbocycles. The molecule has 0 spiro atoms. The Morgan fingerprint density at radius 1 is 1.26 bits per heavy atom. The number of para-hydroxylation sites is 1. The second-order valence-electron chi connectivity index (χ2n) is 10.3. The van der Waals surface area contributed by atoms with E-state index in [0.717, 1.165) is 24.1 Å². The number of fused-ring (bicyclic) bond motifs is 2. The lowest BCUT2D eigenvalue weighted by Gasteiger charge is -2.26. The zero-order valence-corrected chi connectivity index (χ0v) is 23.2. The van der Waals surface area contributed by atoms with Gasteiger partial charge in [0.05, 0.1) is 15.2 Å². The summed E-state index contributed by atoms with van der Waals surface area (Å²) < 4.78 is 23.5. The van der Waals surface area contributed by atoms with Gasteiger partial charge in [-0.2, -0.15) is 9.97 Å². The van der Waals surface area contributed by atoms with Crippen molar-refractivity contribution in [1.82, 2.24) is 25.2 Å². The van der Waals surface area contributed by atoms with Gasteiger partial charge < -0.3 is 30.7 Å². The SMILES string of the molecule is CN1CCC[C@H]1COc1nc(N2CCNCC(CO)C2)c2cc(Cl)c(-c3cccc4sc(N)nc34)c(F)c2n1. The fraction of sp³-hybridized carbons (Fsp3) is 0.444. The second kappa shape index (κ2) is 11.0. The minimum absolute atomic E-state index is 0.00124. The third kappa shape index (κ3) is 5.09. The molecule has 9 nitrogen and oxygen atoms in total. The highest BCUT2D eigenvalue weighted by atomic mass is 35.5. The zero-order valence-electron chi connectivity index (χ0n) is 21.7. The number of ether oxygens (including phenoxy) is 1. The highest BCUT2D eigenvalue weighted by Gasteiger charge is 2.27. The molecular formula is C27H31ClFN7O2S. The summed E-state index contributed by atoms with van der Waals surface area (Å²) in [7, 11) is 2.08. The van der Waals surface area contributed by atoms with Crippen molar-refractivity contribution in [2.24, 2.45) is 5.92 Å². The fourth-order valence-corrected chi connectivity index (χ4v) is 6.60. The van der Waals surface area contributed by atoms with E-state index in [2.05, 4.69) is 32.1 Å². The van der Waals surface area contributed by atoms with E-state index in [4.69, 9.17) is 27.1 Å². The number of nitrogen functional groups attached to an aromatic ring is 1. The Labute approximate surface area is 234 Å². The largest absolute Gasteiger partial charge is 0.462 e. The van der Waals surface area contributed by atoms with Crippen LogP contribution in [0.2, 0.25) is 5.02 Å². The normalized spacial score (nSPS) is 20.7. The van der Waals surface area contributed by atoms with Gasteiger partial charge in [0.15, 0.2) is 10.9 Å². The zero-order chi connectivity index (χ0) is 27.1. The van der Waals surface area contributed by atoms with E-state index in [0.29, 0.717) is 60.2 Å². The van der Waals surface area contributed by atoms with Crippen LogP contribution in [0.4, 0.5) is 15.3 Å². The Bertz CT molecular complexity index is 1520. The van der Waals surface area contributed by atoms with E-state index in [1.54, 1.807) is 12.1 Å². The maximum absolute atomic E-state index is 16.5. The summed E-state index contributed by atoms with van der Waals surface area (Å²) in [6.45, 7) is 4.04. The van der Waals surface area contributed by atoms with Gasteiger partial charge in [0, 0.05) is 61.3 Å². The maximum Gasteiger partial charge on any atom is 0.319 e. The number of aliphatic hydroxyl groups is 1. The van der Waals surface area contributed by atoms with Crippen molar-refractivity contribution >= 4 is 55.0 Å². The molecule has 0 saturated carbocycles. The quantitative estimate of drug-likeness (QED) is 0.318. The van der Waals surface area contributed by atoms with Gasteiger partial charge in [-0.25, -0.2) is 9.37 Å². The second-order valence-corrected chi connectivity index (χ2v) is 11.7. The summed E-state index contributed by atoms with van der Waals surface area (Å²) in [5.41, 5.74) is 7.47. The minimum atomic E-state index is -0.560. The van der Waals surface area contributed by atoms with Crippen LogP contribution in [0.25, 0.3) is 32.2 Å². The molecule has 4 aromatic rings. The van der Waals surface area contributed by atoms with Crippen molar-refractivity contribution in [2.45, 2.75) is 18.9 Å². The topological polar surface area (TPSA) is 113 Å². The number of halogens is 2. The molecule has 39 heavy (non-hydrogen) atoms. The van der Waals surface area contributed by atoms with Crippen LogP contribution in [0.3, 0.4) is 0 Å². The molecule has 0 radical (unpaired) electrons. The lowest BCUT2D eigenvalue weighted by atomic mass is 10.0. The van der Waals surface area contributed by atoms with E-state index in [1.165, 1.54) is 11.3 Å². The number of nitrogens with two attached hydrogens (primary N) is 1. The maximum atomic E-state index is 16.5. The van der Waals surface area contributed by atoms with Gasteiger partial charge in [-0.3, -0.25) is 0 Å². The van der Waals surface area contributed by atoms with E-state index in [1.807, 2.05) is 12.1 Å². The Morgan fingerprint density at radius 3 is 2.92 bits per heavy atom. The third-order valence-electron chi connectivity index (χ3n) is 7.65. The predicted molar refractivity (Wildman–Crippen MR) is 154 cm³/mol. The molecule has 0 bridgehead atoms. The molecule has 2 atom stereocenters. The first-order valence-electron chi connectivity index (χ1n) is 13.2. The number of anilines is 2. The molecule has 2 aromatic heterocycles. The van der Waals surface area contributed by atoms with E-state index < -0.39 is 5.82 Å². The lowest BCUT2D eigenvalue weighted by molar-refractivity contribution is 0.188. The van der Waals surface area contributed by atoms with Crippen LogP contribution in [0.1, 0.15) is 12.8 Å². The molecule has 2 aliphatic rings. The van der Waals surface area contributed by atoms with Crippen LogP contribution >= 0.6 is 22.9 Å². The third-order valence-corrected chi connectivity index (χ3v) is 8.80. The molecule has 6 rings (SSSR count). The summed E-state index contributed by atoms with van der Waals surface area (Å²) in [6, 6.07) is 7.63. The van der Waals surface area contributed by atoms with Gasteiger partial charge in [-0.15, -0.1) is 0 Å². The molecule has 1 unspecified atom stereocenters. The van der Waals surface area contributed by atoms with Crippen molar-refractivity contribution in [1.29, 1.82) is 0 Å². The van der Waals surface area contributed by atoms with Gasteiger partial charge in [0.1, 0.15) is 17.9 Å². The summed E-state index contributed by atoms with van der Waals surface area (Å²) in [5, 5.41) is 14.4. The molecular weight excluding hydrogens is 541 g/mol. The monoisotopic (exact) mass is 571 g/mol. The summed E-state index contributed by atoms with van der Waals surface area (Å²) in [4.78, 5) is 18.1. The highest BCUT2D eigenvalue weighted by Crippen LogP contribution is 2.42. The van der Waals surface area contributed by atoms with Crippen LogP contribution in [0.15, 0.2) is 24.3 Å². The molecule has 0 amide bonds. The van der Waals surface area contributed by atoms with Gasteiger partial charge >= 0.3 is 6.01 Å². The van der Waals surface area contributed by atoms with Crippen LogP contribution in [-0.2, 0) is 0 Å². The molecule has 4 heterocycles. The lowest BCUT2D eigenvalue weighted by Crippen LogP contribution is -2.33. The number of likely N-dealkylation sites (N-methyl/N-ethyl adjacent to an activating group) is 1. The molecule has 4 N–H and O–H groups in total. The van der Waals surface area contributed by atoms with Crippen LogP contribution in [0, 0.1) is 11.7 Å². The summed E-state index contributed by atoms with van der Waals surface area (Å²) in [6.07, 6.45) is 2.14. The minimum Gasteiger partial charge on any atom is -0.462 e. The Balaban J connectivity index is 1.50. The number of nitrogens with one attached hydrogen (secondary N) is 1. The van der Waals surface area contributed by atoms with Crippen molar-refractivity contribution in [3.8, 4) is 17.1 Å². The smallest absolute Gasteiger partial charge is 0.319 e. The van der Waals surface area contributed by atoms with Crippen molar-refractivity contribution in [2.75, 3.05) is 63.6 Å². The molecule has 2 fully saturated rings. The van der Waals surface area contributed by atoms with E-state index in [-0.39, 0.29) is 40.7 Å². The molecule has 0 aliphatic carbocycles. The number of hydrogen-bond donors (Lipinski definition) is 3. The Kier molecular flexibility index (Phi) is 7.43. The molecule has 12 heteroatoms. The number of likely N-dealkylation sites (tertiary alicyclic amines) is 1. The number of hydrogen-bond acceptors (Lipinski definition) is 10. The number of thiazole rings is 1. The number of nitrogens with zero attached hydrogens (tertiary/aromatic N) is 5. The van der Waals surface area contributed by atoms with Gasteiger partial charge in [0.25, 0.3) is 0 Å². The highest BCUT2D eigenvalue weighted by molar-refractivity contribution is 7.22. The number of aromatic nitrogens is 3. The fourth-order valence-electron chi connectivity index (χ4n) is 5.54. The standard InChI is InChI=1S/C27H31ClFN7O2S/c1-35-8-3-4-16(35)14-38-27-33-24-18(25(34-27)36-9-7-31-11-15(12-36)13-37)10-19(28)21(22(24)29)17-5-2-6-20-23(17)32-26(30)39-20/h2,5-6,10,15-16,31,37H,3-4,7-9,11-14H2,1H3,(H2,30,32)/t15?,16-/m0/s1. The molecule has 2 saturated heterocycles. The summed E-state index contributed by atoms with van der Waals surface area (Å²) >= 11 is 8.14. The van der Waals surface area contributed by atoms with Crippen LogP contribution in [-0.4, -0.2) is 84.0 Å². The average Bonchev–Trinajstić information content (AvgIpc) is 3.43. The van der Waals surface area contributed by atoms with Crippen molar-refractivity contribution in [3.05, 3.63) is 35.1 Å².